The van der Waals surface area contributed by atoms with Gasteiger partial charge in [-0.2, -0.15) is 0 Å². The summed E-state index contributed by atoms with van der Waals surface area (Å²) in [6.45, 7) is 4.22. The third-order valence-electron chi connectivity index (χ3n) is 2.48. The Morgan fingerprint density at radius 1 is 1.32 bits per heavy atom. The quantitative estimate of drug-likeness (QED) is 0.423. The fourth-order valence-electron chi connectivity index (χ4n) is 1.56. The topological polar surface area (TPSA) is 73.6 Å². The highest BCUT2D eigenvalue weighted by Gasteiger charge is 2.09. The largest absolute Gasteiger partial charge is 0.496 e. The zero-order chi connectivity index (χ0) is 14.1. The molecule has 0 unspecified atom stereocenters. The molecule has 1 aromatic carbocycles. The summed E-state index contributed by atoms with van der Waals surface area (Å²) >= 11 is 0. The molecule has 0 aliphatic rings. The molecule has 0 amide bonds. The fourth-order valence-corrected chi connectivity index (χ4v) is 1.56. The second-order valence-corrected chi connectivity index (χ2v) is 4.07. The molecule has 1 rings (SSSR count). The van der Waals surface area contributed by atoms with E-state index in [2.05, 4.69) is 12.2 Å². The summed E-state index contributed by atoms with van der Waals surface area (Å²) in [7, 11) is 1.49. The predicted octanol–water partition coefficient (Wildman–Crippen LogP) is 2.83. The predicted molar refractivity (Wildman–Crippen MR) is 73.9 cm³/mol. The molecule has 0 saturated heterocycles. The normalized spacial score (nSPS) is 10.2. The number of hydrogen-bond donors (Lipinski definition) is 1. The summed E-state index contributed by atoms with van der Waals surface area (Å²) in [6.07, 6.45) is 1.86. The van der Waals surface area contributed by atoms with E-state index in [9.17, 15) is 10.1 Å². The molecule has 1 N–H and O–H groups in total. The van der Waals surface area contributed by atoms with Crippen LogP contribution in [0.5, 0.6) is 5.75 Å². The van der Waals surface area contributed by atoms with Crippen molar-refractivity contribution in [1.82, 2.24) is 0 Å². The van der Waals surface area contributed by atoms with Gasteiger partial charge in [-0.15, -0.1) is 0 Å². The monoisotopic (exact) mass is 268 g/mol. The highest BCUT2D eigenvalue weighted by molar-refractivity contribution is 5.56. The molecule has 0 aliphatic heterocycles. The standard InChI is InChI=1S/C13H20N2O4/c1-3-6-19-7-4-5-14-11-8-12(15(16)17)10-13(9-11)18-2/h8-10,14H,3-7H2,1-2H3. The van der Waals surface area contributed by atoms with Gasteiger partial charge in [-0.1, -0.05) is 6.92 Å². The minimum Gasteiger partial charge on any atom is -0.496 e. The van der Waals surface area contributed by atoms with Crippen LogP contribution in [-0.2, 0) is 4.74 Å². The molecule has 0 bridgehead atoms. The maximum atomic E-state index is 10.8. The van der Waals surface area contributed by atoms with E-state index in [0.29, 0.717) is 24.6 Å². The third kappa shape index (κ3) is 5.56. The van der Waals surface area contributed by atoms with Crippen molar-refractivity contribution in [2.24, 2.45) is 0 Å². The number of nitro groups is 1. The third-order valence-corrected chi connectivity index (χ3v) is 2.48. The average molecular weight is 268 g/mol. The van der Waals surface area contributed by atoms with Crippen molar-refractivity contribution in [3.05, 3.63) is 28.3 Å². The van der Waals surface area contributed by atoms with Crippen LogP contribution in [0, 0.1) is 10.1 Å². The van der Waals surface area contributed by atoms with Crippen LogP contribution in [0.25, 0.3) is 0 Å². The molecule has 0 saturated carbocycles. The smallest absolute Gasteiger partial charge is 0.275 e. The van der Waals surface area contributed by atoms with Gasteiger partial charge < -0.3 is 14.8 Å². The maximum absolute atomic E-state index is 10.8. The molecule has 0 spiro atoms. The highest BCUT2D eigenvalue weighted by atomic mass is 16.6. The first-order valence-corrected chi connectivity index (χ1v) is 6.32. The highest BCUT2D eigenvalue weighted by Crippen LogP contribution is 2.25. The number of nitrogens with zero attached hydrogens (tertiary/aromatic N) is 1. The Morgan fingerprint density at radius 3 is 2.74 bits per heavy atom. The molecule has 1 aromatic rings. The van der Waals surface area contributed by atoms with E-state index in [1.54, 1.807) is 6.07 Å². The van der Waals surface area contributed by atoms with Gasteiger partial charge in [0.25, 0.3) is 5.69 Å². The molecule has 0 atom stereocenters. The Morgan fingerprint density at radius 2 is 2.11 bits per heavy atom. The van der Waals surface area contributed by atoms with Crippen molar-refractivity contribution >= 4 is 11.4 Å². The van der Waals surface area contributed by atoms with Gasteiger partial charge in [0.05, 0.1) is 18.1 Å². The number of benzene rings is 1. The summed E-state index contributed by atoms with van der Waals surface area (Å²) in [4.78, 5) is 10.3. The first-order chi connectivity index (χ1) is 9.17. The zero-order valence-corrected chi connectivity index (χ0v) is 11.3. The summed E-state index contributed by atoms with van der Waals surface area (Å²) in [5, 5.41) is 13.9. The van der Waals surface area contributed by atoms with Gasteiger partial charge in [-0.3, -0.25) is 10.1 Å². The van der Waals surface area contributed by atoms with Gasteiger partial charge in [-0.05, 0) is 12.8 Å². The molecule has 6 nitrogen and oxygen atoms in total. The molecule has 6 heteroatoms. The Balaban J connectivity index is 2.48. The van der Waals surface area contributed by atoms with E-state index in [4.69, 9.17) is 9.47 Å². The number of methoxy groups -OCH3 is 1. The van der Waals surface area contributed by atoms with E-state index in [1.807, 2.05) is 0 Å². The minimum atomic E-state index is -0.432. The average Bonchev–Trinajstić information content (AvgIpc) is 2.42. The lowest BCUT2D eigenvalue weighted by Crippen LogP contribution is -2.06. The lowest BCUT2D eigenvalue weighted by molar-refractivity contribution is -0.384. The SMILES string of the molecule is CCCOCCCNc1cc(OC)cc([N+](=O)[O-])c1. The maximum Gasteiger partial charge on any atom is 0.275 e. The van der Waals surface area contributed by atoms with Crippen LogP contribution in [0.1, 0.15) is 19.8 Å². The van der Waals surface area contributed by atoms with Gasteiger partial charge in [0, 0.05) is 37.6 Å². The molecule has 0 aromatic heterocycles. The molecular formula is C13H20N2O4. The van der Waals surface area contributed by atoms with E-state index >= 15 is 0 Å². The van der Waals surface area contributed by atoms with Crippen molar-refractivity contribution in [2.45, 2.75) is 19.8 Å². The second-order valence-electron chi connectivity index (χ2n) is 4.07. The number of hydrogen-bond acceptors (Lipinski definition) is 5. The van der Waals surface area contributed by atoms with E-state index < -0.39 is 4.92 Å². The van der Waals surface area contributed by atoms with Crippen LogP contribution < -0.4 is 10.1 Å². The van der Waals surface area contributed by atoms with Crippen LogP contribution in [0.3, 0.4) is 0 Å². The Bertz CT molecular complexity index is 410. The molecular weight excluding hydrogens is 248 g/mol. The number of ether oxygens (including phenoxy) is 2. The van der Waals surface area contributed by atoms with E-state index in [1.165, 1.54) is 19.2 Å². The Hall–Kier alpha value is -1.82. The van der Waals surface area contributed by atoms with Gasteiger partial charge in [0.15, 0.2) is 0 Å². The summed E-state index contributed by atoms with van der Waals surface area (Å²) in [5.41, 5.74) is 0.700. The fraction of sp³-hybridized carbons (Fsp3) is 0.538. The minimum absolute atomic E-state index is 0.0177. The number of nitrogens with one attached hydrogen (secondary N) is 1. The summed E-state index contributed by atoms with van der Waals surface area (Å²) in [5.74, 6) is 0.471. The van der Waals surface area contributed by atoms with Gasteiger partial charge in [0.2, 0.25) is 0 Å². The van der Waals surface area contributed by atoms with Crippen molar-refractivity contribution in [3.63, 3.8) is 0 Å². The molecule has 106 valence electrons. The van der Waals surface area contributed by atoms with Crippen LogP contribution in [0.4, 0.5) is 11.4 Å². The van der Waals surface area contributed by atoms with Crippen LogP contribution >= 0.6 is 0 Å². The van der Waals surface area contributed by atoms with Crippen molar-refractivity contribution in [2.75, 3.05) is 32.2 Å². The molecule has 0 aliphatic carbocycles. The Labute approximate surface area is 112 Å². The van der Waals surface area contributed by atoms with Gasteiger partial charge in [0.1, 0.15) is 5.75 Å². The number of anilines is 1. The number of nitro benzene ring substituents is 1. The molecule has 0 fully saturated rings. The van der Waals surface area contributed by atoms with Crippen LogP contribution in [0.15, 0.2) is 18.2 Å². The summed E-state index contributed by atoms with van der Waals surface area (Å²) in [6, 6.07) is 4.63. The van der Waals surface area contributed by atoms with Gasteiger partial charge >= 0.3 is 0 Å². The number of rotatable bonds is 9. The zero-order valence-electron chi connectivity index (χ0n) is 11.3. The lowest BCUT2D eigenvalue weighted by Gasteiger charge is -2.08. The van der Waals surface area contributed by atoms with Crippen LogP contribution in [0.2, 0.25) is 0 Å². The first-order valence-electron chi connectivity index (χ1n) is 6.32. The summed E-state index contributed by atoms with van der Waals surface area (Å²) < 4.78 is 10.4. The van der Waals surface area contributed by atoms with Crippen molar-refractivity contribution < 1.29 is 14.4 Å². The lowest BCUT2D eigenvalue weighted by atomic mass is 10.2. The second kappa shape index (κ2) is 8.31. The van der Waals surface area contributed by atoms with Crippen molar-refractivity contribution in [3.8, 4) is 5.75 Å². The number of non-ortho nitro benzene ring substituents is 1. The first kappa shape index (κ1) is 15.2. The molecule has 0 radical (unpaired) electrons. The van der Waals surface area contributed by atoms with Crippen molar-refractivity contribution in [1.29, 1.82) is 0 Å². The Kier molecular flexibility index (Phi) is 6.67. The van der Waals surface area contributed by atoms with E-state index in [-0.39, 0.29) is 5.69 Å². The van der Waals surface area contributed by atoms with Gasteiger partial charge in [-0.25, -0.2) is 0 Å². The molecule has 19 heavy (non-hydrogen) atoms. The van der Waals surface area contributed by atoms with E-state index in [0.717, 1.165) is 19.4 Å². The molecule has 0 heterocycles. The van der Waals surface area contributed by atoms with Crippen LogP contribution in [-0.4, -0.2) is 31.8 Å².